The SMILES string of the molecule is c1ccc(-n2c3ccccc3c3ccc(N(c4ccc(-c5ccc6ccccc6c5)cc4)c4ccc5oc6cc7ccccc7cc6c5c4)cc32)cc1. The molecule has 3 nitrogen and oxygen atoms in total. The molecule has 0 spiro atoms. The number of furan rings is 1. The van der Waals surface area contributed by atoms with E-state index in [-0.39, 0.29) is 0 Å². The molecular weight excluding hydrogens is 645 g/mol. The van der Waals surface area contributed by atoms with Crippen molar-refractivity contribution >= 4 is 82.4 Å². The Balaban J connectivity index is 1.12. The van der Waals surface area contributed by atoms with E-state index in [1.165, 1.54) is 49.0 Å². The van der Waals surface area contributed by atoms with Gasteiger partial charge >= 0.3 is 0 Å². The molecule has 0 amide bonds. The van der Waals surface area contributed by atoms with E-state index in [1.807, 2.05) is 0 Å². The summed E-state index contributed by atoms with van der Waals surface area (Å²) in [6.45, 7) is 0. The van der Waals surface area contributed by atoms with Gasteiger partial charge in [0.25, 0.3) is 0 Å². The Bertz CT molecular complexity index is 3170. The summed E-state index contributed by atoms with van der Waals surface area (Å²) in [6, 6.07) is 69.9. The van der Waals surface area contributed by atoms with Crippen LogP contribution in [0.1, 0.15) is 0 Å². The molecule has 0 N–H and O–H groups in total. The van der Waals surface area contributed by atoms with Gasteiger partial charge in [-0.2, -0.15) is 0 Å². The summed E-state index contributed by atoms with van der Waals surface area (Å²) in [6.07, 6.45) is 0. The first-order valence-electron chi connectivity index (χ1n) is 18.1. The Kier molecular flexibility index (Phi) is 6.55. The van der Waals surface area contributed by atoms with Crippen molar-refractivity contribution in [2.45, 2.75) is 0 Å². The van der Waals surface area contributed by atoms with Crippen LogP contribution in [0.4, 0.5) is 17.1 Å². The number of fused-ring (bicyclic) bond motifs is 8. The summed E-state index contributed by atoms with van der Waals surface area (Å²) in [5.74, 6) is 0. The molecule has 248 valence electrons. The van der Waals surface area contributed by atoms with E-state index < -0.39 is 0 Å². The van der Waals surface area contributed by atoms with E-state index >= 15 is 0 Å². The molecule has 11 rings (SSSR count). The van der Waals surface area contributed by atoms with Gasteiger partial charge < -0.3 is 13.9 Å². The minimum absolute atomic E-state index is 0.880. The number of aromatic nitrogens is 1. The van der Waals surface area contributed by atoms with Gasteiger partial charge in [0.05, 0.1) is 11.0 Å². The van der Waals surface area contributed by atoms with E-state index in [2.05, 4.69) is 204 Å². The molecule has 2 aromatic heterocycles. The second-order valence-electron chi connectivity index (χ2n) is 13.8. The highest BCUT2D eigenvalue weighted by atomic mass is 16.3. The van der Waals surface area contributed by atoms with Gasteiger partial charge in [-0.05, 0) is 112 Å². The van der Waals surface area contributed by atoms with E-state index in [4.69, 9.17) is 4.42 Å². The van der Waals surface area contributed by atoms with Crippen LogP contribution in [0.25, 0.3) is 82.1 Å². The van der Waals surface area contributed by atoms with Crippen molar-refractivity contribution in [2.75, 3.05) is 4.90 Å². The lowest BCUT2D eigenvalue weighted by molar-refractivity contribution is 0.669. The van der Waals surface area contributed by atoms with Crippen molar-refractivity contribution < 1.29 is 4.42 Å². The number of hydrogen-bond donors (Lipinski definition) is 0. The lowest BCUT2D eigenvalue weighted by Gasteiger charge is -2.26. The van der Waals surface area contributed by atoms with Crippen LogP contribution in [-0.2, 0) is 0 Å². The average molecular weight is 677 g/mol. The van der Waals surface area contributed by atoms with Gasteiger partial charge in [0, 0.05) is 44.3 Å². The molecule has 53 heavy (non-hydrogen) atoms. The lowest BCUT2D eigenvalue weighted by Crippen LogP contribution is -2.10. The fourth-order valence-electron chi connectivity index (χ4n) is 8.16. The molecule has 0 fully saturated rings. The highest BCUT2D eigenvalue weighted by Gasteiger charge is 2.19. The van der Waals surface area contributed by atoms with Gasteiger partial charge in [-0.15, -0.1) is 0 Å². The van der Waals surface area contributed by atoms with E-state index in [0.29, 0.717) is 0 Å². The van der Waals surface area contributed by atoms with E-state index in [9.17, 15) is 0 Å². The number of nitrogens with zero attached hydrogens (tertiary/aromatic N) is 2. The van der Waals surface area contributed by atoms with Crippen LogP contribution in [0, 0.1) is 0 Å². The van der Waals surface area contributed by atoms with Crippen molar-refractivity contribution in [1.29, 1.82) is 0 Å². The van der Waals surface area contributed by atoms with Crippen LogP contribution in [0.3, 0.4) is 0 Å². The monoisotopic (exact) mass is 676 g/mol. The second-order valence-corrected chi connectivity index (χ2v) is 13.8. The Morgan fingerprint density at radius 2 is 0.943 bits per heavy atom. The van der Waals surface area contributed by atoms with E-state index in [1.54, 1.807) is 0 Å². The first-order valence-corrected chi connectivity index (χ1v) is 18.1. The molecule has 0 saturated carbocycles. The predicted octanol–water partition coefficient (Wildman–Crippen LogP) is 14.1. The minimum Gasteiger partial charge on any atom is -0.456 e. The summed E-state index contributed by atoms with van der Waals surface area (Å²) in [4.78, 5) is 2.37. The van der Waals surface area contributed by atoms with Gasteiger partial charge in [0.2, 0.25) is 0 Å². The number of hydrogen-bond acceptors (Lipinski definition) is 2. The van der Waals surface area contributed by atoms with Crippen molar-refractivity contribution in [1.82, 2.24) is 4.57 Å². The first-order chi connectivity index (χ1) is 26.2. The zero-order valence-electron chi connectivity index (χ0n) is 28.8. The predicted molar refractivity (Wildman–Crippen MR) is 223 cm³/mol. The largest absolute Gasteiger partial charge is 0.456 e. The Labute approximate surface area is 306 Å². The number of benzene rings is 9. The normalized spacial score (nSPS) is 11.8. The fraction of sp³-hybridized carbons (Fsp3) is 0. The van der Waals surface area contributed by atoms with Crippen molar-refractivity contribution in [3.05, 3.63) is 194 Å². The van der Waals surface area contributed by atoms with Gasteiger partial charge in [0.1, 0.15) is 11.2 Å². The molecule has 0 aliphatic heterocycles. The van der Waals surface area contributed by atoms with Gasteiger partial charge in [-0.1, -0.05) is 115 Å². The molecule has 2 heterocycles. The third-order valence-electron chi connectivity index (χ3n) is 10.7. The lowest BCUT2D eigenvalue weighted by atomic mass is 10.0. The highest BCUT2D eigenvalue weighted by molar-refractivity contribution is 6.12. The fourth-order valence-corrected chi connectivity index (χ4v) is 8.16. The van der Waals surface area contributed by atoms with Crippen LogP contribution in [-0.4, -0.2) is 4.57 Å². The first kappa shape index (κ1) is 29.6. The maximum absolute atomic E-state index is 6.44. The molecule has 0 atom stereocenters. The molecule has 9 aromatic carbocycles. The molecule has 0 aliphatic carbocycles. The zero-order valence-corrected chi connectivity index (χ0v) is 28.8. The van der Waals surface area contributed by atoms with E-state index in [0.717, 1.165) is 50.2 Å². The van der Waals surface area contributed by atoms with Crippen LogP contribution in [0.5, 0.6) is 0 Å². The van der Waals surface area contributed by atoms with Crippen molar-refractivity contribution in [2.24, 2.45) is 0 Å². The summed E-state index contributed by atoms with van der Waals surface area (Å²) >= 11 is 0. The number of rotatable bonds is 5. The summed E-state index contributed by atoms with van der Waals surface area (Å²) < 4.78 is 8.82. The molecule has 3 heteroatoms. The Morgan fingerprint density at radius 1 is 0.340 bits per heavy atom. The van der Waals surface area contributed by atoms with Gasteiger partial charge in [-0.25, -0.2) is 0 Å². The molecular formula is C50H32N2O. The standard InChI is InChI=1S/C50H32N2O/c1-2-14-39(15-3-1)52-47-17-9-8-16-43(47)44-26-24-42(32-48(44)52)51(40-22-20-34(21-23-40)38-19-18-33-10-4-5-11-35(33)28-38)41-25-27-49-46(31-41)45-29-36-12-6-7-13-37(36)30-50(45)53-49/h1-32H. The Morgan fingerprint density at radius 3 is 1.77 bits per heavy atom. The van der Waals surface area contributed by atoms with Crippen molar-refractivity contribution in [3.8, 4) is 16.8 Å². The third kappa shape index (κ3) is 4.82. The third-order valence-corrected chi connectivity index (χ3v) is 10.7. The molecule has 0 aliphatic rings. The average Bonchev–Trinajstić information content (AvgIpc) is 3.75. The summed E-state index contributed by atoms with van der Waals surface area (Å²) in [7, 11) is 0. The summed E-state index contributed by atoms with van der Waals surface area (Å²) in [5.41, 5.74) is 10.9. The smallest absolute Gasteiger partial charge is 0.136 e. The van der Waals surface area contributed by atoms with Gasteiger partial charge in [-0.3, -0.25) is 0 Å². The molecule has 0 unspecified atom stereocenters. The van der Waals surface area contributed by atoms with Crippen LogP contribution < -0.4 is 4.90 Å². The molecule has 11 aromatic rings. The quantitative estimate of drug-likeness (QED) is 0.181. The zero-order chi connectivity index (χ0) is 34.9. The van der Waals surface area contributed by atoms with Crippen molar-refractivity contribution in [3.63, 3.8) is 0 Å². The number of para-hydroxylation sites is 2. The van der Waals surface area contributed by atoms with Crippen LogP contribution >= 0.6 is 0 Å². The topological polar surface area (TPSA) is 21.3 Å². The number of anilines is 3. The minimum atomic E-state index is 0.880. The van der Waals surface area contributed by atoms with Crippen LogP contribution in [0.2, 0.25) is 0 Å². The molecule has 0 radical (unpaired) electrons. The maximum Gasteiger partial charge on any atom is 0.136 e. The highest BCUT2D eigenvalue weighted by Crippen LogP contribution is 2.42. The molecule has 0 saturated heterocycles. The van der Waals surface area contributed by atoms with Gasteiger partial charge in [0.15, 0.2) is 0 Å². The maximum atomic E-state index is 6.44. The Hall–Kier alpha value is -7.10. The molecule has 0 bridgehead atoms. The summed E-state index contributed by atoms with van der Waals surface area (Å²) in [5, 5.41) is 9.55. The second kappa shape index (κ2) is 11.7. The van der Waals surface area contributed by atoms with Crippen LogP contribution in [0.15, 0.2) is 199 Å².